The van der Waals surface area contributed by atoms with Gasteiger partial charge in [0.25, 0.3) is 0 Å². The first kappa shape index (κ1) is 20.0. The minimum Gasteiger partial charge on any atom is -0.365 e. The highest BCUT2D eigenvalue weighted by atomic mass is 19.1. The van der Waals surface area contributed by atoms with E-state index in [1.54, 1.807) is 24.5 Å². The summed E-state index contributed by atoms with van der Waals surface area (Å²) >= 11 is 0. The lowest BCUT2D eigenvalue weighted by molar-refractivity contribution is 0.00196. The lowest BCUT2D eigenvalue weighted by Crippen LogP contribution is -2.10. The number of nitrogens with zero attached hydrogens (tertiary/aromatic N) is 3. The lowest BCUT2D eigenvalue weighted by atomic mass is 9.97. The Hall–Kier alpha value is -3.31. The Morgan fingerprint density at radius 1 is 0.833 bits per heavy atom. The van der Waals surface area contributed by atoms with Crippen LogP contribution in [0.4, 0.5) is 4.39 Å². The van der Waals surface area contributed by atoms with Gasteiger partial charge in [0.15, 0.2) is 0 Å². The Morgan fingerprint density at radius 3 is 2.17 bits per heavy atom. The first-order valence-corrected chi connectivity index (χ1v) is 9.98. The molecule has 0 aliphatic heterocycles. The zero-order valence-corrected chi connectivity index (χ0v) is 17.3. The SMILES string of the molecule is CC(OC(C)c1c(-c2ccncc2)c(-c2ccc(F)cc2)nn1C)c1ccccc1. The van der Waals surface area contributed by atoms with Crippen LogP contribution in [0.15, 0.2) is 79.1 Å². The standard InChI is InChI=1S/C25H24FN3O/c1-17(19-7-5-4-6-8-19)30-18(2)25-23(20-13-15-27-16-14-20)24(28-29(25)3)21-9-11-22(26)12-10-21/h4-18H,1-3H3. The maximum absolute atomic E-state index is 13.5. The monoisotopic (exact) mass is 401 g/mol. The Morgan fingerprint density at radius 2 is 1.50 bits per heavy atom. The van der Waals surface area contributed by atoms with Crippen molar-refractivity contribution in [2.24, 2.45) is 7.05 Å². The van der Waals surface area contributed by atoms with Gasteiger partial charge in [-0.05, 0) is 61.4 Å². The number of ether oxygens (including phenoxy) is 1. The quantitative estimate of drug-likeness (QED) is 0.390. The van der Waals surface area contributed by atoms with Gasteiger partial charge in [0.05, 0.1) is 17.9 Å². The van der Waals surface area contributed by atoms with Crippen molar-refractivity contribution in [3.63, 3.8) is 0 Å². The van der Waals surface area contributed by atoms with Gasteiger partial charge in [0, 0.05) is 30.6 Å². The van der Waals surface area contributed by atoms with E-state index in [0.29, 0.717) is 0 Å². The van der Waals surface area contributed by atoms with Gasteiger partial charge < -0.3 is 4.74 Å². The summed E-state index contributed by atoms with van der Waals surface area (Å²) in [5, 5.41) is 4.78. The molecule has 2 aromatic carbocycles. The summed E-state index contributed by atoms with van der Waals surface area (Å²) in [6.07, 6.45) is 3.24. The van der Waals surface area contributed by atoms with Gasteiger partial charge in [-0.1, -0.05) is 30.3 Å². The highest BCUT2D eigenvalue weighted by Gasteiger charge is 2.25. The number of benzene rings is 2. The van der Waals surface area contributed by atoms with E-state index in [1.165, 1.54) is 12.1 Å². The van der Waals surface area contributed by atoms with Crippen molar-refractivity contribution in [1.29, 1.82) is 0 Å². The van der Waals surface area contributed by atoms with Gasteiger partial charge >= 0.3 is 0 Å². The van der Waals surface area contributed by atoms with E-state index >= 15 is 0 Å². The second-order valence-corrected chi connectivity index (χ2v) is 7.31. The Balaban J connectivity index is 1.78. The fraction of sp³-hybridized carbons (Fsp3) is 0.200. The van der Waals surface area contributed by atoms with E-state index in [0.717, 1.165) is 33.6 Å². The van der Waals surface area contributed by atoms with Crippen molar-refractivity contribution in [2.45, 2.75) is 26.1 Å². The summed E-state index contributed by atoms with van der Waals surface area (Å²) in [7, 11) is 1.92. The van der Waals surface area contributed by atoms with E-state index in [-0.39, 0.29) is 18.0 Å². The Labute approximate surface area is 176 Å². The van der Waals surface area contributed by atoms with Crippen LogP contribution in [0.5, 0.6) is 0 Å². The summed E-state index contributed by atoms with van der Waals surface area (Å²) in [5.74, 6) is -0.270. The van der Waals surface area contributed by atoms with Gasteiger partial charge in [0.2, 0.25) is 0 Å². The summed E-state index contributed by atoms with van der Waals surface area (Å²) < 4.78 is 21.7. The second-order valence-electron chi connectivity index (χ2n) is 7.31. The number of pyridine rings is 1. The third-order valence-electron chi connectivity index (χ3n) is 5.24. The second kappa shape index (κ2) is 8.59. The average Bonchev–Trinajstić information content (AvgIpc) is 3.12. The van der Waals surface area contributed by atoms with E-state index < -0.39 is 0 Å². The molecule has 2 heterocycles. The van der Waals surface area contributed by atoms with Crippen molar-refractivity contribution < 1.29 is 9.13 Å². The lowest BCUT2D eigenvalue weighted by Gasteiger charge is -2.21. The zero-order chi connectivity index (χ0) is 21.1. The molecule has 0 aliphatic carbocycles. The van der Waals surface area contributed by atoms with Crippen LogP contribution in [-0.2, 0) is 11.8 Å². The van der Waals surface area contributed by atoms with E-state index in [4.69, 9.17) is 9.84 Å². The average molecular weight is 401 g/mol. The first-order valence-electron chi connectivity index (χ1n) is 9.98. The van der Waals surface area contributed by atoms with Crippen LogP contribution in [0.25, 0.3) is 22.4 Å². The summed E-state index contributed by atoms with van der Waals surface area (Å²) in [6, 6.07) is 20.5. The summed E-state index contributed by atoms with van der Waals surface area (Å²) in [6.45, 7) is 4.09. The molecule has 4 rings (SSSR count). The highest BCUT2D eigenvalue weighted by molar-refractivity contribution is 5.82. The zero-order valence-electron chi connectivity index (χ0n) is 17.3. The molecule has 0 saturated heterocycles. The smallest absolute Gasteiger partial charge is 0.123 e. The van der Waals surface area contributed by atoms with Gasteiger partial charge in [-0.2, -0.15) is 5.10 Å². The molecule has 0 aliphatic rings. The fourth-order valence-electron chi connectivity index (χ4n) is 3.79. The van der Waals surface area contributed by atoms with Crippen LogP contribution < -0.4 is 0 Å². The first-order chi connectivity index (χ1) is 14.5. The number of halogens is 1. The maximum atomic E-state index is 13.5. The molecular formula is C25H24FN3O. The van der Waals surface area contributed by atoms with E-state index in [2.05, 4.69) is 24.0 Å². The Kier molecular flexibility index (Phi) is 5.72. The number of aromatic nitrogens is 3. The number of aryl methyl sites for hydroxylation is 1. The number of hydrogen-bond acceptors (Lipinski definition) is 3. The molecule has 2 atom stereocenters. The fourth-order valence-corrected chi connectivity index (χ4v) is 3.79. The van der Waals surface area contributed by atoms with Gasteiger partial charge in [-0.15, -0.1) is 0 Å². The van der Waals surface area contributed by atoms with Crippen LogP contribution in [0.3, 0.4) is 0 Å². The molecule has 0 radical (unpaired) electrons. The predicted molar refractivity (Wildman–Crippen MR) is 116 cm³/mol. The van der Waals surface area contributed by atoms with Crippen molar-refractivity contribution in [2.75, 3.05) is 0 Å². The third-order valence-corrected chi connectivity index (χ3v) is 5.24. The van der Waals surface area contributed by atoms with Crippen LogP contribution >= 0.6 is 0 Å². The van der Waals surface area contributed by atoms with Gasteiger partial charge in [-0.25, -0.2) is 4.39 Å². The number of hydrogen-bond donors (Lipinski definition) is 0. The molecule has 0 bridgehead atoms. The van der Waals surface area contributed by atoms with E-state index in [9.17, 15) is 4.39 Å². The van der Waals surface area contributed by atoms with Gasteiger partial charge in [-0.3, -0.25) is 9.67 Å². The van der Waals surface area contributed by atoms with Crippen molar-refractivity contribution >= 4 is 0 Å². The van der Waals surface area contributed by atoms with Crippen molar-refractivity contribution in [3.8, 4) is 22.4 Å². The number of rotatable bonds is 6. The molecule has 0 N–H and O–H groups in total. The van der Waals surface area contributed by atoms with Crippen molar-refractivity contribution in [1.82, 2.24) is 14.8 Å². The third kappa shape index (κ3) is 4.02. The molecule has 30 heavy (non-hydrogen) atoms. The van der Waals surface area contributed by atoms with Crippen LogP contribution in [0, 0.1) is 5.82 Å². The highest BCUT2D eigenvalue weighted by Crippen LogP contribution is 2.39. The molecule has 4 nitrogen and oxygen atoms in total. The van der Waals surface area contributed by atoms with Crippen LogP contribution in [-0.4, -0.2) is 14.8 Å². The predicted octanol–water partition coefficient (Wildman–Crippen LogP) is 6.13. The molecule has 2 aromatic heterocycles. The minimum atomic E-state index is -0.270. The van der Waals surface area contributed by atoms with Crippen LogP contribution in [0.1, 0.15) is 37.3 Å². The molecule has 0 fully saturated rings. The molecular weight excluding hydrogens is 377 g/mol. The minimum absolute atomic E-state index is 0.0735. The van der Waals surface area contributed by atoms with Crippen molar-refractivity contribution in [3.05, 3.63) is 96.2 Å². The maximum Gasteiger partial charge on any atom is 0.123 e. The molecule has 2 unspecified atom stereocenters. The Bertz CT molecular complexity index is 1110. The van der Waals surface area contributed by atoms with Gasteiger partial charge in [0.1, 0.15) is 11.5 Å². The largest absolute Gasteiger partial charge is 0.365 e. The molecule has 0 amide bonds. The van der Waals surface area contributed by atoms with Crippen LogP contribution in [0.2, 0.25) is 0 Å². The topological polar surface area (TPSA) is 39.9 Å². The molecule has 5 heteroatoms. The molecule has 152 valence electrons. The molecule has 4 aromatic rings. The normalized spacial score (nSPS) is 13.2. The van der Waals surface area contributed by atoms with E-state index in [1.807, 2.05) is 49.0 Å². The summed E-state index contributed by atoms with van der Waals surface area (Å²) in [5.41, 5.74) is 5.70. The molecule has 0 spiro atoms. The summed E-state index contributed by atoms with van der Waals surface area (Å²) in [4.78, 5) is 4.15. The molecule has 0 saturated carbocycles.